The summed E-state index contributed by atoms with van der Waals surface area (Å²) in [6.45, 7) is 0. The molecule has 0 aliphatic carbocycles. The number of sulfonamides is 1. The predicted molar refractivity (Wildman–Crippen MR) is 69.7 cm³/mol. The predicted octanol–water partition coefficient (Wildman–Crippen LogP) is 1.91. The minimum absolute atomic E-state index is 0.0991. The highest BCUT2D eigenvalue weighted by Gasteiger charge is 2.19. The van der Waals surface area contributed by atoms with Gasteiger partial charge in [-0.2, -0.15) is 0 Å². The van der Waals surface area contributed by atoms with Crippen LogP contribution in [-0.4, -0.2) is 13.5 Å². The standard InChI is InChI=1S/C12H11FN2O3S/c13-11-6-8(14)4-5-12(11)19(17,18)15-9-2-1-3-10(16)7-9/h1-7,15-16H,14H2. The molecule has 100 valence electrons. The van der Waals surface area contributed by atoms with Crippen LogP contribution in [0.1, 0.15) is 0 Å². The van der Waals surface area contributed by atoms with E-state index in [0.29, 0.717) is 0 Å². The van der Waals surface area contributed by atoms with Crippen molar-refractivity contribution in [3.05, 3.63) is 48.3 Å². The maximum Gasteiger partial charge on any atom is 0.264 e. The zero-order chi connectivity index (χ0) is 14.0. The molecule has 7 heteroatoms. The molecule has 0 aliphatic heterocycles. The van der Waals surface area contributed by atoms with Gasteiger partial charge in [-0.1, -0.05) is 6.07 Å². The first kappa shape index (κ1) is 13.2. The zero-order valence-electron chi connectivity index (χ0n) is 9.67. The fourth-order valence-electron chi connectivity index (χ4n) is 1.51. The van der Waals surface area contributed by atoms with Crippen molar-refractivity contribution < 1.29 is 17.9 Å². The largest absolute Gasteiger partial charge is 0.508 e. The second-order valence-electron chi connectivity index (χ2n) is 3.85. The van der Waals surface area contributed by atoms with Crippen LogP contribution in [0.3, 0.4) is 0 Å². The summed E-state index contributed by atoms with van der Waals surface area (Å²) in [7, 11) is -4.07. The molecule has 0 radical (unpaired) electrons. The van der Waals surface area contributed by atoms with E-state index < -0.39 is 20.7 Å². The van der Waals surface area contributed by atoms with E-state index in [4.69, 9.17) is 5.73 Å². The number of phenols is 1. The van der Waals surface area contributed by atoms with E-state index in [-0.39, 0.29) is 17.1 Å². The van der Waals surface area contributed by atoms with Gasteiger partial charge in [0.25, 0.3) is 10.0 Å². The van der Waals surface area contributed by atoms with Crippen molar-refractivity contribution in [3.8, 4) is 5.75 Å². The summed E-state index contributed by atoms with van der Waals surface area (Å²) in [6.07, 6.45) is 0. The summed E-state index contributed by atoms with van der Waals surface area (Å²) in [5.41, 5.74) is 5.62. The Morgan fingerprint density at radius 3 is 2.53 bits per heavy atom. The SMILES string of the molecule is Nc1ccc(S(=O)(=O)Nc2cccc(O)c2)c(F)c1. The van der Waals surface area contributed by atoms with Gasteiger partial charge in [-0.05, 0) is 30.3 Å². The number of nitrogens with two attached hydrogens (primary N) is 1. The van der Waals surface area contributed by atoms with Crippen LogP contribution in [0.15, 0.2) is 47.4 Å². The van der Waals surface area contributed by atoms with Gasteiger partial charge in [0.05, 0.1) is 5.69 Å². The number of nitrogens with one attached hydrogen (secondary N) is 1. The molecule has 19 heavy (non-hydrogen) atoms. The Bertz CT molecular complexity index is 717. The molecule has 2 aromatic carbocycles. The molecule has 0 saturated carbocycles. The second kappa shape index (κ2) is 4.77. The van der Waals surface area contributed by atoms with Gasteiger partial charge in [0.2, 0.25) is 0 Å². The number of anilines is 2. The van der Waals surface area contributed by atoms with Crippen LogP contribution in [0.25, 0.3) is 0 Å². The van der Waals surface area contributed by atoms with Crippen LogP contribution in [-0.2, 0) is 10.0 Å². The van der Waals surface area contributed by atoms with E-state index in [1.54, 1.807) is 0 Å². The monoisotopic (exact) mass is 282 g/mol. The lowest BCUT2D eigenvalue weighted by Crippen LogP contribution is -2.14. The smallest absolute Gasteiger partial charge is 0.264 e. The Labute approximate surface area is 109 Å². The van der Waals surface area contributed by atoms with Crippen molar-refractivity contribution in [2.24, 2.45) is 0 Å². The van der Waals surface area contributed by atoms with Crippen LogP contribution in [0.2, 0.25) is 0 Å². The Morgan fingerprint density at radius 1 is 1.16 bits per heavy atom. The molecule has 2 rings (SSSR count). The topological polar surface area (TPSA) is 92.4 Å². The van der Waals surface area contributed by atoms with Crippen molar-refractivity contribution in [1.29, 1.82) is 0 Å². The van der Waals surface area contributed by atoms with Gasteiger partial charge in [0, 0.05) is 11.8 Å². The van der Waals surface area contributed by atoms with Crippen molar-refractivity contribution in [1.82, 2.24) is 0 Å². The summed E-state index contributed by atoms with van der Waals surface area (Å²) in [6, 6.07) is 8.81. The number of hydrogen-bond acceptors (Lipinski definition) is 4. The number of hydrogen-bond donors (Lipinski definition) is 3. The fourth-order valence-corrected chi connectivity index (χ4v) is 2.62. The molecule has 0 spiro atoms. The minimum atomic E-state index is -4.07. The molecule has 0 amide bonds. The van der Waals surface area contributed by atoms with E-state index in [0.717, 1.165) is 12.1 Å². The molecule has 0 aliphatic rings. The lowest BCUT2D eigenvalue weighted by molar-refractivity contribution is 0.475. The van der Waals surface area contributed by atoms with Crippen molar-refractivity contribution >= 4 is 21.4 Å². The highest BCUT2D eigenvalue weighted by Crippen LogP contribution is 2.22. The molecular weight excluding hydrogens is 271 g/mol. The first-order chi connectivity index (χ1) is 8.88. The van der Waals surface area contributed by atoms with Crippen molar-refractivity contribution in [2.45, 2.75) is 4.90 Å². The molecule has 4 N–H and O–H groups in total. The Hall–Kier alpha value is -2.28. The summed E-state index contributed by atoms with van der Waals surface area (Å²) >= 11 is 0. The van der Waals surface area contributed by atoms with Crippen LogP contribution in [0.4, 0.5) is 15.8 Å². The average Bonchev–Trinajstić information content (AvgIpc) is 2.27. The molecule has 0 aromatic heterocycles. The molecule has 0 heterocycles. The number of benzene rings is 2. The van der Waals surface area contributed by atoms with Crippen molar-refractivity contribution in [2.75, 3.05) is 10.5 Å². The Morgan fingerprint density at radius 2 is 1.89 bits per heavy atom. The minimum Gasteiger partial charge on any atom is -0.508 e. The van der Waals surface area contributed by atoms with Gasteiger partial charge < -0.3 is 10.8 Å². The average molecular weight is 282 g/mol. The molecule has 0 bridgehead atoms. The van der Waals surface area contributed by atoms with E-state index in [2.05, 4.69) is 4.72 Å². The number of halogens is 1. The third kappa shape index (κ3) is 2.94. The maximum atomic E-state index is 13.6. The molecule has 2 aromatic rings. The van der Waals surface area contributed by atoms with Gasteiger partial charge >= 0.3 is 0 Å². The Balaban J connectivity index is 2.38. The molecule has 0 atom stereocenters. The number of nitrogen functional groups attached to an aromatic ring is 1. The molecule has 5 nitrogen and oxygen atoms in total. The van der Waals surface area contributed by atoms with Crippen LogP contribution >= 0.6 is 0 Å². The number of rotatable bonds is 3. The van der Waals surface area contributed by atoms with E-state index in [9.17, 15) is 17.9 Å². The zero-order valence-corrected chi connectivity index (χ0v) is 10.5. The third-order valence-electron chi connectivity index (χ3n) is 2.34. The summed E-state index contributed by atoms with van der Waals surface area (Å²) in [5, 5.41) is 9.25. The van der Waals surface area contributed by atoms with Gasteiger partial charge in [-0.25, -0.2) is 12.8 Å². The first-order valence-corrected chi connectivity index (χ1v) is 6.74. The van der Waals surface area contributed by atoms with Crippen LogP contribution < -0.4 is 10.5 Å². The summed E-state index contributed by atoms with van der Waals surface area (Å²) in [5.74, 6) is -1.04. The first-order valence-electron chi connectivity index (χ1n) is 5.25. The third-order valence-corrected chi connectivity index (χ3v) is 3.76. The highest BCUT2D eigenvalue weighted by atomic mass is 32.2. The lowest BCUT2D eigenvalue weighted by Gasteiger charge is -2.09. The van der Waals surface area contributed by atoms with Gasteiger partial charge in [-0.3, -0.25) is 4.72 Å². The van der Waals surface area contributed by atoms with Gasteiger partial charge in [0.15, 0.2) is 0 Å². The molecule has 0 saturated heterocycles. The van der Waals surface area contributed by atoms with Crippen LogP contribution in [0, 0.1) is 5.82 Å². The van der Waals surface area contributed by atoms with Crippen LogP contribution in [0.5, 0.6) is 5.75 Å². The quantitative estimate of drug-likeness (QED) is 0.750. The second-order valence-corrected chi connectivity index (χ2v) is 5.50. The Kier molecular flexibility index (Phi) is 3.30. The molecule has 0 fully saturated rings. The maximum absolute atomic E-state index is 13.6. The molecule has 0 unspecified atom stereocenters. The van der Waals surface area contributed by atoms with E-state index in [1.165, 1.54) is 30.3 Å². The highest BCUT2D eigenvalue weighted by molar-refractivity contribution is 7.92. The summed E-state index contributed by atoms with van der Waals surface area (Å²) in [4.78, 5) is -0.509. The lowest BCUT2D eigenvalue weighted by atomic mass is 10.3. The van der Waals surface area contributed by atoms with E-state index in [1.807, 2.05) is 0 Å². The normalized spacial score (nSPS) is 11.2. The number of aromatic hydroxyl groups is 1. The van der Waals surface area contributed by atoms with Gasteiger partial charge in [0.1, 0.15) is 16.5 Å². The number of phenolic OH excluding ortho intramolecular Hbond substituents is 1. The summed E-state index contributed by atoms with van der Waals surface area (Å²) < 4.78 is 39.7. The molecular formula is C12H11FN2O3S. The van der Waals surface area contributed by atoms with Gasteiger partial charge in [-0.15, -0.1) is 0 Å². The fraction of sp³-hybridized carbons (Fsp3) is 0. The van der Waals surface area contributed by atoms with E-state index >= 15 is 0 Å². The van der Waals surface area contributed by atoms with Crippen molar-refractivity contribution in [3.63, 3.8) is 0 Å².